The fourth-order valence-corrected chi connectivity index (χ4v) is 10.1. The molecule has 328 valence electrons. The van der Waals surface area contributed by atoms with E-state index in [0.717, 1.165) is 68.0 Å². The van der Waals surface area contributed by atoms with Crippen LogP contribution in [0.25, 0.3) is 0 Å². The molecule has 4 aromatic carbocycles. The van der Waals surface area contributed by atoms with Gasteiger partial charge in [-0.1, -0.05) is 127 Å². The summed E-state index contributed by atoms with van der Waals surface area (Å²) in [6.45, 7) is 5.39. The summed E-state index contributed by atoms with van der Waals surface area (Å²) in [5.74, 6) is -0.394. The SMILES string of the molecule is CCOC(=O)C1CCN(C(C(=O)Nc2ncc(Cc3ccccc3Cl)s2)c2ccccc2)CC1.O=C(Nc1ncc(Cc2ccccc2Cl)s1)C(c1ccccc1)N1CCCCC1. The second-order valence-corrected chi connectivity index (χ2v) is 18.6. The first-order valence-corrected chi connectivity index (χ1v) is 23.9. The molecule has 14 heteroatoms. The van der Waals surface area contributed by atoms with Crippen LogP contribution in [0.5, 0.6) is 0 Å². The molecule has 4 heterocycles. The number of thiazole rings is 2. The number of carbonyl (C=O) groups excluding carboxylic acids is 3. The number of carbonyl (C=O) groups is 3. The van der Waals surface area contributed by atoms with Gasteiger partial charge in [-0.2, -0.15) is 0 Å². The normalized spacial score (nSPS) is 15.7. The van der Waals surface area contributed by atoms with Crippen molar-refractivity contribution in [3.05, 3.63) is 164 Å². The minimum atomic E-state index is -0.458. The molecule has 0 radical (unpaired) electrons. The van der Waals surface area contributed by atoms with Gasteiger partial charge in [0.05, 0.1) is 12.5 Å². The van der Waals surface area contributed by atoms with E-state index < -0.39 is 6.04 Å². The number of likely N-dealkylation sites (tertiary alicyclic amines) is 2. The van der Waals surface area contributed by atoms with E-state index in [0.29, 0.717) is 55.6 Å². The van der Waals surface area contributed by atoms with Gasteiger partial charge in [-0.15, -0.1) is 22.7 Å². The van der Waals surface area contributed by atoms with Crippen LogP contribution in [0.2, 0.25) is 10.0 Å². The van der Waals surface area contributed by atoms with Crippen molar-refractivity contribution >= 4 is 73.9 Å². The molecule has 0 aliphatic carbocycles. The summed E-state index contributed by atoms with van der Waals surface area (Å²) in [5.41, 5.74) is 4.03. The van der Waals surface area contributed by atoms with Crippen molar-refractivity contribution in [2.45, 2.75) is 64.0 Å². The lowest BCUT2D eigenvalue weighted by atomic mass is 9.94. The minimum absolute atomic E-state index is 0.0169. The molecule has 2 fully saturated rings. The summed E-state index contributed by atoms with van der Waals surface area (Å²) in [5, 5.41) is 8.74. The molecule has 2 aromatic heterocycles. The number of ether oxygens (including phenoxy) is 1. The number of esters is 1. The summed E-state index contributed by atoms with van der Waals surface area (Å²) in [6.07, 6.45) is 9.83. The van der Waals surface area contributed by atoms with Crippen LogP contribution in [0.4, 0.5) is 10.3 Å². The topological polar surface area (TPSA) is 117 Å². The van der Waals surface area contributed by atoms with Gasteiger partial charge >= 0.3 is 5.97 Å². The standard InChI is InChI=1S/C26H28ClN3O3S.C23H24ClN3OS/c1-2-33-25(32)19-12-14-30(15-13-19)23(18-8-4-3-5-9-18)24(31)29-26-28-17-21(34-26)16-20-10-6-7-11-22(20)27;24-20-12-6-5-11-18(20)15-19-16-25-23(29-19)26-22(28)21(17-9-3-1-4-10-17)27-13-7-2-8-14-27/h3-11,17,19,23H,2,12-16H2,1H3,(H,28,29,31);1,3-6,9-12,16,21H,2,7-8,13-15H2,(H,25,26,28). The van der Waals surface area contributed by atoms with Crippen LogP contribution >= 0.6 is 45.9 Å². The molecule has 0 bridgehead atoms. The van der Waals surface area contributed by atoms with Gasteiger partial charge < -0.3 is 15.4 Å². The fourth-order valence-electron chi connectivity index (χ4n) is 8.06. The number of piperidine rings is 2. The Hall–Kier alpha value is -4.95. The van der Waals surface area contributed by atoms with Crippen LogP contribution < -0.4 is 10.6 Å². The monoisotopic (exact) mass is 922 g/mol. The molecule has 10 nitrogen and oxygen atoms in total. The van der Waals surface area contributed by atoms with E-state index in [-0.39, 0.29) is 29.7 Å². The molecule has 2 unspecified atom stereocenters. The average molecular weight is 924 g/mol. The number of halogens is 2. The number of nitrogens with zero attached hydrogens (tertiary/aromatic N) is 4. The van der Waals surface area contributed by atoms with Crippen molar-refractivity contribution in [3.8, 4) is 0 Å². The lowest BCUT2D eigenvalue weighted by Crippen LogP contribution is -2.43. The van der Waals surface area contributed by atoms with E-state index in [9.17, 15) is 14.4 Å². The summed E-state index contributed by atoms with van der Waals surface area (Å²) < 4.78 is 5.19. The molecule has 2 atom stereocenters. The predicted octanol–water partition coefficient (Wildman–Crippen LogP) is 10.9. The molecule has 6 aromatic rings. The molecule has 0 spiro atoms. The Balaban J connectivity index is 0.000000191. The summed E-state index contributed by atoms with van der Waals surface area (Å²) in [6, 6.07) is 34.6. The number of hydrogen-bond acceptors (Lipinski definition) is 10. The van der Waals surface area contributed by atoms with Crippen LogP contribution in [-0.4, -0.2) is 70.3 Å². The smallest absolute Gasteiger partial charge is 0.309 e. The lowest BCUT2D eigenvalue weighted by Gasteiger charge is -2.36. The van der Waals surface area contributed by atoms with E-state index >= 15 is 0 Å². The molecule has 2 N–H and O–H groups in total. The molecular weight excluding hydrogens is 872 g/mol. The largest absolute Gasteiger partial charge is 0.466 e. The maximum absolute atomic E-state index is 13.5. The van der Waals surface area contributed by atoms with Gasteiger partial charge in [-0.3, -0.25) is 24.2 Å². The highest BCUT2D eigenvalue weighted by Gasteiger charge is 2.34. The second kappa shape index (κ2) is 23.1. The van der Waals surface area contributed by atoms with Crippen molar-refractivity contribution in [3.63, 3.8) is 0 Å². The van der Waals surface area contributed by atoms with Gasteiger partial charge in [0, 0.05) is 58.1 Å². The number of anilines is 2. The van der Waals surface area contributed by atoms with Crippen molar-refractivity contribution in [1.82, 2.24) is 19.8 Å². The highest BCUT2D eigenvalue weighted by Crippen LogP contribution is 2.32. The van der Waals surface area contributed by atoms with Crippen LogP contribution in [0.3, 0.4) is 0 Å². The first kappa shape index (κ1) is 46.1. The number of amides is 2. The van der Waals surface area contributed by atoms with Gasteiger partial charge in [0.2, 0.25) is 11.8 Å². The zero-order valence-electron chi connectivity index (χ0n) is 35.3. The average Bonchev–Trinajstić information content (AvgIpc) is 3.95. The van der Waals surface area contributed by atoms with E-state index in [1.165, 1.54) is 29.1 Å². The Morgan fingerprint density at radius 2 is 1.06 bits per heavy atom. The van der Waals surface area contributed by atoms with Crippen molar-refractivity contribution < 1.29 is 19.1 Å². The van der Waals surface area contributed by atoms with Gasteiger partial charge in [0.25, 0.3) is 0 Å². The molecular formula is C49H52Cl2N6O4S2. The Morgan fingerprint density at radius 1 is 0.635 bits per heavy atom. The third-order valence-electron chi connectivity index (χ3n) is 11.2. The summed E-state index contributed by atoms with van der Waals surface area (Å²) in [7, 11) is 0. The number of hydrogen-bond donors (Lipinski definition) is 2. The fraction of sp³-hybridized carbons (Fsp3) is 0.327. The zero-order valence-corrected chi connectivity index (χ0v) is 38.4. The maximum atomic E-state index is 13.5. The molecule has 0 saturated carbocycles. The molecule has 2 saturated heterocycles. The third kappa shape index (κ3) is 12.8. The third-order valence-corrected chi connectivity index (χ3v) is 13.8. The number of aromatic nitrogens is 2. The van der Waals surface area contributed by atoms with E-state index in [1.807, 2.05) is 122 Å². The van der Waals surface area contributed by atoms with E-state index in [4.69, 9.17) is 27.9 Å². The number of benzene rings is 4. The van der Waals surface area contributed by atoms with Gasteiger partial charge in [-0.05, 0) is 80.1 Å². The van der Waals surface area contributed by atoms with E-state index in [2.05, 4.69) is 30.4 Å². The second-order valence-electron chi connectivity index (χ2n) is 15.6. The first-order valence-electron chi connectivity index (χ1n) is 21.5. The van der Waals surface area contributed by atoms with Crippen LogP contribution in [0.15, 0.2) is 122 Å². The summed E-state index contributed by atoms with van der Waals surface area (Å²) >= 11 is 15.5. The highest BCUT2D eigenvalue weighted by atomic mass is 35.5. The van der Waals surface area contributed by atoms with Crippen LogP contribution in [-0.2, 0) is 32.0 Å². The number of nitrogens with one attached hydrogen (secondary N) is 2. The minimum Gasteiger partial charge on any atom is -0.466 e. The zero-order chi connectivity index (χ0) is 44.0. The molecule has 2 aliphatic rings. The Bertz CT molecular complexity index is 2400. The van der Waals surface area contributed by atoms with E-state index in [1.54, 1.807) is 6.20 Å². The van der Waals surface area contributed by atoms with Crippen LogP contribution in [0.1, 0.15) is 83.1 Å². The van der Waals surface area contributed by atoms with Gasteiger partial charge in [-0.25, -0.2) is 9.97 Å². The Labute approximate surface area is 387 Å². The van der Waals surface area contributed by atoms with Crippen LogP contribution in [0, 0.1) is 5.92 Å². The van der Waals surface area contributed by atoms with Crippen molar-refractivity contribution in [1.29, 1.82) is 0 Å². The van der Waals surface area contributed by atoms with Crippen molar-refractivity contribution in [2.24, 2.45) is 5.92 Å². The van der Waals surface area contributed by atoms with Gasteiger partial charge in [0.1, 0.15) is 12.1 Å². The number of rotatable bonds is 14. The van der Waals surface area contributed by atoms with Crippen molar-refractivity contribution in [2.75, 3.05) is 43.4 Å². The molecule has 2 aliphatic heterocycles. The molecule has 8 rings (SSSR count). The quantitative estimate of drug-likeness (QED) is 0.104. The predicted molar refractivity (Wildman–Crippen MR) is 255 cm³/mol. The lowest BCUT2D eigenvalue weighted by molar-refractivity contribution is -0.149. The first-order chi connectivity index (χ1) is 30.7. The Kier molecular flexibility index (Phi) is 16.9. The molecule has 63 heavy (non-hydrogen) atoms. The molecule has 2 amide bonds. The highest BCUT2D eigenvalue weighted by molar-refractivity contribution is 7.16. The van der Waals surface area contributed by atoms with Gasteiger partial charge in [0.15, 0.2) is 10.3 Å². The Morgan fingerprint density at radius 3 is 1.51 bits per heavy atom. The summed E-state index contributed by atoms with van der Waals surface area (Å²) in [4.78, 5) is 54.2. The maximum Gasteiger partial charge on any atom is 0.309 e.